The molecule has 0 radical (unpaired) electrons. The summed E-state index contributed by atoms with van der Waals surface area (Å²) in [7, 11) is 1.45. The van der Waals surface area contributed by atoms with Crippen LogP contribution in [0.5, 0.6) is 5.75 Å². The minimum Gasteiger partial charge on any atom is -0.482 e. The second-order valence-corrected chi connectivity index (χ2v) is 3.92. The molecule has 0 aliphatic heterocycles. The molecule has 0 aliphatic rings. The zero-order chi connectivity index (χ0) is 15.0. The van der Waals surface area contributed by atoms with Gasteiger partial charge in [-0.1, -0.05) is 6.92 Å². The van der Waals surface area contributed by atoms with Gasteiger partial charge in [-0.05, 0) is 24.3 Å². The average molecular weight is 279 g/mol. The molecule has 0 saturated heterocycles. The van der Waals surface area contributed by atoms with E-state index in [1.165, 1.54) is 7.05 Å². The fourth-order valence-electron chi connectivity index (χ4n) is 1.34. The van der Waals surface area contributed by atoms with Crippen LogP contribution in [0, 0.1) is 0 Å². The predicted molar refractivity (Wildman–Crippen MR) is 71.6 cm³/mol. The molecule has 6 nitrogen and oxygen atoms in total. The molecule has 0 fully saturated rings. The maximum Gasteiger partial charge on any atom is 0.344 e. The highest BCUT2D eigenvalue weighted by Crippen LogP contribution is 2.13. The van der Waals surface area contributed by atoms with Crippen molar-refractivity contribution in [2.75, 3.05) is 20.3 Å². The molecule has 20 heavy (non-hydrogen) atoms. The molecule has 0 spiro atoms. The molecule has 0 bridgehead atoms. The summed E-state index contributed by atoms with van der Waals surface area (Å²) in [6.45, 7) is 1.16. The Labute approximate surface area is 117 Å². The van der Waals surface area contributed by atoms with E-state index in [1.807, 2.05) is 0 Å². The Bertz CT molecular complexity index is 481. The van der Waals surface area contributed by atoms with E-state index in [1.54, 1.807) is 31.2 Å². The van der Waals surface area contributed by atoms with E-state index in [9.17, 15) is 14.4 Å². The lowest BCUT2D eigenvalue weighted by Gasteiger charge is -2.07. The quantitative estimate of drug-likeness (QED) is 0.593. The number of hydrogen-bond donors (Lipinski definition) is 1. The zero-order valence-corrected chi connectivity index (χ0v) is 11.5. The Hall–Kier alpha value is -2.37. The molecule has 0 atom stereocenters. The Kier molecular flexibility index (Phi) is 6.22. The van der Waals surface area contributed by atoms with Crippen molar-refractivity contribution in [1.82, 2.24) is 5.32 Å². The number of rotatable bonds is 7. The van der Waals surface area contributed by atoms with Crippen molar-refractivity contribution in [3.05, 3.63) is 29.8 Å². The summed E-state index contributed by atoms with van der Waals surface area (Å²) >= 11 is 0. The van der Waals surface area contributed by atoms with Crippen LogP contribution < -0.4 is 10.1 Å². The topological polar surface area (TPSA) is 81.7 Å². The highest BCUT2D eigenvalue weighted by atomic mass is 16.6. The molecule has 6 heteroatoms. The zero-order valence-electron chi connectivity index (χ0n) is 11.5. The number of likely N-dealkylation sites (N-methyl/N-ethyl adjacent to an activating group) is 1. The average Bonchev–Trinajstić information content (AvgIpc) is 2.50. The van der Waals surface area contributed by atoms with Gasteiger partial charge in [0.2, 0.25) is 0 Å². The molecule has 1 aromatic carbocycles. The monoisotopic (exact) mass is 279 g/mol. The molecule has 108 valence electrons. The van der Waals surface area contributed by atoms with E-state index in [0.717, 1.165) is 0 Å². The van der Waals surface area contributed by atoms with E-state index in [-0.39, 0.29) is 24.9 Å². The number of hydrogen-bond acceptors (Lipinski definition) is 5. The fraction of sp³-hybridized carbons (Fsp3) is 0.357. The third-order valence-electron chi connectivity index (χ3n) is 2.50. The van der Waals surface area contributed by atoms with Crippen molar-refractivity contribution in [2.24, 2.45) is 0 Å². The second kappa shape index (κ2) is 7.93. The van der Waals surface area contributed by atoms with Crippen molar-refractivity contribution in [3.8, 4) is 5.75 Å². The maximum atomic E-state index is 11.4. The van der Waals surface area contributed by atoms with Gasteiger partial charge in [0.05, 0.1) is 0 Å². The Morgan fingerprint density at radius 1 is 1.10 bits per heavy atom. The molecule has 1 aromatic rings. The van der Waals surface area contributed by atoms with E-state index in [0.29, 0.717) is 17.7 Å². The molecule has 0 heterocycles. The summed E-state index contributed by atoms with van der Waals surface area (Å²) < 4.78 is 9.85. The van der Waals surface area contributed by atoms with Gasteiger partial charge in [-0.25, -0.2) is 4.79 Å². The van der Waals surface area contributed by atoms with Crippen LogP contribution in [0.3, 0.4) is 0 Å². The van der Waals surface area contributed by atoms with E-state index >= 15 is 0 Å². The summed E-state index contributed by atoms with van der Waals surface area (Å²) in [5, 5.41) is 2.33. The predicted octanol–water partition coefficient (Wildman–Crippen LogP) is 0.947. The number of Topliss-reactive ketones (excluding diaryl/α,β-unsaturated/α-hetero) is 1. The van der Waals surface area contributed by atoms with Gasteiger partial charge in [-0.3, -0.25) is 9.59 Å². The lowest BCUT2D eigenvalue weighted by atomic mass is 10.1. The molecular formula is C14H17NO5. The van der Waals surface area contributed by atoms with Crippen LogP contribution in [-0.4, -0.2) is 37.9 Å². The first-order valence-electron chi connectivity index (χ1n) is 6.19. The number of ketones is 1. The number of amides is 1. The number of carbonyl (C=O) groups excluding carboxylic acids is 3. The highest BCUT2D eigenvalue weighted by Gasteiger charge is 2.08. The van der Waals surface area contributed by atoms with Crippen LogP contribution >= 0.6 is 0 Å². The summed E-state index contributed by atoms with van der Waals surface area (Å²) in [4.78, 5) is 33.6. The van der Waals surface area contributed by atoms with Crippen LogP contribution in [0.2, 0.25) is 0 Å². The lowest BCUT2D eigenvalue weighted by molar-refractivity contribution is -0.150. The number of nitrogens with one attached hydrogen (secondary N) is 1. The molecule has 0 aliphatic carbocycles. The van der Waals surface area contributed by atoms with Crippen LogP contribution in [0.4, 0.5) is 0 Å². The molecule has 1 N–H and O–H groups in total. The van der Waals surface area contributed by atoms with Crippen LogP contribution in [0.25, 0.3) is 0 Å². The number of carbonyl (C=O) groups is 3. The number of esters is 1. The summed E-state index contributed by atoms with van der Waals surface area (Å²) in [5.74, 6) is -0.529. The summed E-state index contributed by atoms with van der Waals surface area (Å²) in [5.41, 5.74) is 0.599. The van der Waals surface area contributed by atoms with E-state index in [4.69, 9.17) is 4.74 Å². The van der Waals surface area contributed by atoms with Crippen molar-refractivity contribution in [1.29, 1.82) is 0 Å². The smallest absolute Gasteiger partial charge is 0.344 e. The fourth-order valence-corrected chi connectivity index (χ4v) is 1.34. The maximum absolute atomic E-state index is 11.4. The number of ether oxygens (including phenoxy) is 2. The van der Waals surface area contributed by atoms with E-state index in [2.05, 4.69) is 10.1 Å². The van der Waals surface area contributed by atoms with Gasteiger partial charge in [0.1, 0.15) is 5.75 Å². The molecule has 1 rings (SSSR count). The standard InChI is InChI=1S/C14H17NO5/c1-3-12(16)10-4-6-11(7-5-10)19-9-14(18)20-8-13(17)15-2/h4-7H,3,8-9H2,1-2H3,(H,15,17). The van der Waals surface area contributed by atoms with Crippen LogP contribution in [0.15, 0.2) is 24.3 Å². The van der Waals surface area contributed by atoms with Gasteiger partial charge in [0.15, 0.2) is 19.0 Å². The van der Waals surface area contributed by atoms with Crippen LogP contribution in [0.1, 0.15) is 23.7 Å². The largest absolute Gasteiger partial charge is 0.482 e. The minimum absolute atomic E-state index is 0.0431. The van der Waals surface area contributed by atoms with Gasteiger partial charge >= 0.3 is 5.97 Å². The first-order chi connectivity index (χ1) is 9.56. The van der Waals surface area contributed by atoms with Gasteiger partial charge in [0, 0.05) is 19.0 Å². The van der Waals surface area contributed by atoms with Crippen molar-refractivity contribution < 1.29 is 23.9 Å². The molecular weight excluding hydrogens is 262 g/mol. The van der Waals surface area contributed by atoms with Gasteiger partial charge in [-0.2, -0.15) is 0 Å². The van der Waals surface area contributed by atoms with Gasteiger partial charge in [0.25, 0.3) is 5.91 Å². The SMILES string of the molecule is CCC(=O)c1ccc(OCC(=O)OCC(=O)NC)cc1. The molecule has 0 unspecified atom stereocenters. The van der Waals surface area contributed by atoms with Crippen molar-refractivity contribution >= 4 is 17.7 Å². The lowest BCUT2D eigenvalue weighted by Crippen LogP contribution is -2.26. The Morgan fingerprint density at radius 2 is 1.75 bits per heavy atom. The second-order valence-electron chi connectivity index (χ2n) is 3.92. The molecule has 0 aromatic heterocycles. The van der Waals surface area contributed by atoms with Crippen LogP contribution in [-0.2, 0) is 14.3 Å². The third kappa shape index (κ3) is 5.09. The highest BCUT2D eigenvalue weighted by molar-refractivity contribution is 5.95. The summed E-state index contributed by atoms with van der Waals surface area (Å²) in [6, 6.07) is 6.48. The molecule has 0 saturated carbocycles. The minimum atomic E-state index is -0.637. The van der Waals surface area contributed by atoms with Gasteiger partial charge < -0.3 is 14.8 Å². The van der Waals surface area contributed by atoms with Crippen molar-refractivity contribution in [3.63, 3.8) is 0 Å². The first-order valence-corrected chi connectivity index (χ1v) is 6.19. The first kappa shape index (κ1) is 15.7. The number of benzene rings is 1. The third-order valence-corrected chi connectivity index (χ3v) is 2.50. The normalized spacial score (nSPS) is 9.70. The van der Waals surface area contributed by atoms with Crippen molar-refractivity contribution in [2.45, 2.75) is 13.3 Å². The van der Waals surface area contributed by atoms with Gasteiger partial charge in [-0.15, -0.1) is 0 Å². The Balaban J connectivity index is 2.40. The Morgan fingerprint density at radius 3 is 2.30 bits per heavy atom. The summed E-state index contributed by atoms with van der Waals surface area (Å²) in [6.07, 6.45) is 0.437. The molecule has 1 amide bonds. The van der Waals surface area contributed by atoms with E-state index < -0.39 is 5.97 Å².